The van der Waals surface area contributed by atoms with Crippen LogP contribution in [0.5, 0.6) is 0 Å². The zero-order chi connectivity index (χ0) is 19.4. The summed E-state index contributed by atoms with van der Waals surface area (Å²) >= 11 is 0. The number of rotatable bonds is 7. The fourth-order valence-electron chi connectivity index (χ4n) is 3.68. The van der Waals surface area contributed by atoms with Gasteiger partial charge in [-0.3, -0.25) is 14.3 Å². The van der Waals surface area contributed by atoms with E-state index in [0.29, 0.717) is 23.6 Å². The maximum absolute atomic E-state index is 12.8. The Morgan fingerprint density at radius 1 is 1.19 bits per heavy atom. The molecule has 27 heavy (non-hydrogen) atoms. The lowest BCUT2D eigenvalue weighted by Gasteiger charge is -2.35. The van der Waals surface area contributed by atoms with Gasteiger partial charge in [0, 0.05) is 25.7 Å². The van der Waals surface area contributed by atoms with E-state index >= 15 is 0 Å². The molecule has 0 radical (unpaired) electrons. The fraction of sp³-hybridized carbons (Fsp3) is 0.600. The number of para-hydroxylation sites is 2. The van der Waals surface area contributed by atoms with Gasteiger partial charge >= 0.3 is 5.76 Å². The molecule has 0 aliphatic carbocycles. The van der Waals surface area contributed by atoms with Gasteiger partial charge in [0.25, 0.3) is 0 Å². The number of nitrogens with one attached hydrogen (secondary N) is 1. The fourth-order valence-corrected chi connectivity index (χ4v) is 3.68. The normalized spacial score (nSPS) is 17.9. The molecule has 148 valence electrons. The Morgan fingerprint density at radius 3 is 2.59 bits per heavy atom. The smallest absolute Gasteiger partial charge is 0.408 e. The topological polar surface area (TPSA) is 76.7 Å². The van der Waals surface area contributed by atoms with Crippen LogP contribution in [0.15, 0.2) is 33.5 Å². The number of morpholine rings is 1. The number of carbonyl (C=O) groups is 1. The summed E-state index contributed by atoms with van der Waals surface area (Å²) in [5.41, 5.74) is 1.13. The summed E-state index contributed by atoms with van der Waals surface area (Å²) in [5, 5.41) is 3.04. The molecule has 1 N–H and O–H groups in total. The van der Waals surface area contributed by atoms with Crippen molar-refractivity contribution in [3.63, 3.8) is 0 Å². The van der Waals surface area contributed by atoms with Gasteiger partial charge in [0.05, 0.1) is 18.7 Å². The van der Waals surface area contributed by atoms with Crippen LogP contribution in [-0.2, 0) is 9.53 Å². The quantitative estimate of drug-likeness (QED) is 0.801. The van der Waals surface area contributed by atoms with Crippen molar-refractivity contribution in [2.45, 2.75) is 39.3 Å². The van der Waals surface area contributed by atoms with Crippen molar-refractivity contribution in [2.24, 2.45) is 5.92 Å². The van der Waals surface area contributed by atoms with Gasteiger partial charge in [-0.15, -0.1) is 0 Å². The van der Waals surface area contributed by atoms with E-state index in [4.69, 9.17) is 9.15 Å². The van der Waals surface area contributed by atoms with E-state index in [2.05, 4.69) is 24.1 Å². The largest absolute Gasteiger partial charge is 0.420 e. The number of benzene rings is 1. The van der Waals surface area contributed by atoms with Crippen molar-refractivity contribution in [3.05, 3.63) is 34.8 Å². The molecule has 7 nitrogen and oxygen atoms in total. The van der Waals surface area contributed by atoms with Crippen molar-refractivity contribution in [3.8, 4) is 0 Å². The van der Waals surface area contributed by atoms with Gasteiger partial charge in [-0.25, -0.2) is 4.79 Å². The minimum atomic E-state index is -0.634. The zero-order valence-corrected chi connectivity index (χ0v) is 16.3. The van der Waals surface area contributed by atoms with Gasteiger partial charge in [0.1, 0.15) is 6.04 Å². The number of nitrogens with zero attached hydrogens (tertiary/aromatic N) is 2. The third-order valence-electron chi connectivity index (χ3n) is 5.10. The number of oxazole rings is 1. The Kier molecular flexibility index (Phi) is 6.34. The molecule has 1 fully saturated rings. The third kappa shape index (κ3) is 4.59. The minimum Gasteiger partial charge on any atom is -0.408 e. The third-order valence-corrected chi connectivity index (χ3v) is 5.10. The Morgan fingerprint density at radius 2 is 1.89 bits per heavy atom. The summed E-state index contributed by atoms with van der Waals surface area (Å²) < 4.78 is 12.1. The average Bonchev–Trinajstić information content (AvgIpc) is 3.00. The van der Waals surface area contributed by atoms with Gasteiger partial charge in [-0.05, 0) is 31.4 Å². The second-order valence-corrected chi connectivity index (χ2v) is 7.56. The first-order valence-electron chi connectivity index (χ1n) is 9.67. The molecule has 0 spiro atoms. The van der Waals surface area contributed by atoms with E-state index in [9.17, 15) is 9.59 Å². The van der Waals surface area contributed by atoms with Crippen LogP contribution in [0.1, 0.15) is 33.2 Å². The van der Waals surface area contributed by atoms with Crippen LogP contribution in [0.3, 0.4) is 0 Å². The zero-order valence-electron chi connectivity index (χ0n) is 16.3. The molecule has 3 rings (SSSR count). The molecule has 7 heteroatoms. The Labute approximate surface area is 159 Å². The minimum absolute atomic E-state index is 0.175. The van der Waals surface area contributed by atoms with Crippen LogP contribution in [0, 0.1) is 5.92 Å². The molecule has 1 aromatic heterocycles. The lowest BCUT2D eigenvalue weighted by molar-refractivity contribution is -0.124. The van der Waals surface area contributed by atoms with Gasteiger partial charge < -0.3 is 14.5 Å². The number of hydrogen-bond acceptors (Lipinski definition) is 5. The maximum atomic E-state index is 12.8. The van der Waals surface area contributed by atoms with Gasteiger partial charge in [0.2, 0.25) is 5.91 Å². The van der Waals surface area contributed by atoms with E-state index in [0.717, 1.165) is 32.7 Å². The lowest BCUT2D eigenvalue weighted by Crippen LogP contribution is -2.50. The molecule has 1 aromatic carbocycles. The summed E-state index contributed by atoms with van der Waals surface area (Å²) in [6, 6.07) is 6.79. The van der Waals surface area contributed by atoms with Crippen LogP contribution in [0.4, 0.5) is 0 Å². The van der Waals surface area contributed by atoms with Crippen molar-refractivity contribution in [1.82, 2.24) is 14.8 Å². The van der Waals surface area contributed by atoms with Crippen LogP contribution in [0.25, 0.3) is 11.1 Å². The number of ether oxygens (including phenoxy) is 1. The van der Waals surface area contributed by atoms with E-state index in [-0.39, 0.29) is 11.9 Å². The van der Waals surface area contributed by atoms with Crippen LogP contribution < -0.4 is 11.1 Å². The summed E-state index contributed by atoms with van der Waals surface area (Å²) in [6.45, 7) is 9.90. The monoisotopic (exact) mass is 375 g/mol. The molecule has 0 saturated carbocycles. The van der Waals surface area contributed by atoms with Gasteiger partial charge in [-0.2, -0.15) is 0 Å². The standard InChI is InChI=1S/C20H29N3O4/c1-14(2)12-16(22-8-10-26-11-9-22)13-21-19(24)15(3)23-17-6-4-5-7-18(17)27-20(23)25/h4-7,14-16H,8-13H2,1-3H3,(H,21,24). The summed E-state index contributed by atoms with van der Waals surface area (Å²) in [6.07, 6.45) is 1.00. The highest BCUT2D eigenvalue weighted by molar-refractivity contribution is 5.82. The van der Waals surface area contributed by atoms with E-state index in [1.807, 2.05) is 6.07 Å². The molecule has 2 heterocycles. The Hall–Kier alpha value is -2.12. The molecule has 0 bridgehead atoms. The first-order valence-corrected chi connectivity index (χ1v) is 9.67. The number of fused-ring (bicyclic) bond motifs is 1. The summed E-state index contributed by atoms with van der Waals surface area (Å²) in [4.78, 5) is 27.3. The van der Waals surface area contributed by atoms with E-state index in [1.165, 1.54) is 4.57 Å². The molecule has 2 unspecified atom stereocenters. The highest BCUT2D eigenvalue weighted by Crippen LogP contribution is 2.17. The molecule has 1 aliphatic rings. The highest BCUT2D eigenvalue weighted by Gasteiger charge is 2.25. The van der Waals surface area contributed by atoms with Gasteiger partial charge in [0.15, 0.2) is 5.58 Å². The summed E-state index contributed by atoms with van der Waals surface area (Å²) in [5.74, 6) is -0.149. The first-order chi connectivity index (χ1) is 13.0. The van der Waals surface area contributed by atoms with E-state index < -0.39 is 11.8 Å². The molecule has 1 saturated heterocycles. The summed E-state index contributed by atoms with van der Waals surface area (Å²) in [7, 11) is 0. The van der Waals surface area contributed by atoms with Crippen molar-refractivity contribution < 1.29 is 13.9 Å². The Bertz CT molecular complexity index is 820. The van der Waals surface area contributed by atoms with Crippen molar-refractivity contribution in [1.29, 1.82) is 0 Å². The first kappa shape index (κ1) is 19.6. The van der Waals surface area contributed by atoms with Crippen molar-refractivity contribution >= 4 is 17.0 Å². The number of amides is 1. The molecular weight excluding hydrogens is 346 g/mol. The number of hydrogen-bond donors (Lipinski definition) is 1. The molecule has 1 amide bonds. The van der Waals surface area contributed by atoms with E-state index in [1.54, 1.807) is 25.1 Å². The second-order valence-electron chi connectivity index (χ2n) is 7.56. The maximum Gasteiger partial charge on any atom is 0.420 e. The Balaban J connectivity index is 1.69. The van der Waals surface area contributed by atoms with Crippen LogP contribution >= 0.6 is 0 Å². The second kappa shape index (κ2) is 8.71. The number of carbonyl (C=O) groups excluding carboxylic acids is 1. The molecule has 1 aliphatic heterocycles. The van der Waals surface area contributed by atoms with Crippen LogP contribution in [0.2, 0.25) is 0 Å². The SMILES string of the molecule is CC(C)CC(CNC(=O)C(C)n1c(=O)oc2ccccc21)N1CCOCC1. The van der Waals surface area contributed by atoms with Crippen LogP contribution in [-0.4, -0.2) is 54.3 Å². The molecular formula is C20H29N3O4. The lowest BCUT2D eigenvalue weighted by atomic mass is 10.0. The van der Waals surface area contributed by atoms with Crippen molar-refractivity contribution in [2.75, 3.05) is 32.8 Å². The molecule has 2 aromatic rings. The van der Waals surface area contributed by atoms with Gasteiger partial charge in [-0.1, -0.05) is 26.0 Å². The average molecular weight is 375 g/mol. The predicted molar refractivity (Wildman–Crippen MR) is 104 cm³/mol. The predicted octanol–water partition coefficient (Wildman–Crippen LogP) is 2.02. The number of aromatic nitrogens is 1. The highest BCUT2D eigenvalue weighted by atomic mass is 16.5. The molecule has 2 atom stereocenters.